The van der Waals surface area contributed by atoms with Crippen molar-refractivity contribution in [1.29, 1.82) is 0 Å². The predicted molar refractivity (Wildman–Crippen MR) is 72.9 cm³/mol. The van der Waals surface area contributed by atoms with Gasteiger partial charge in [-0.2, -0.15) is 9.97 Å². The van der Waals surface area contributed by atoms with Gasteiger partial charge in [0.05, 0.1) is 12.8 Å². The molecule has 0 aliphatic carbocycles. The molecule has 2 heterocycles. The lowest BCUT2D eigenvalue weighted by Crippen LogP contribution is -2.07. The van der Waals surface area contributed by atoms with E-state index in [2.05, 4.69) is 32.7 Å². The van der Waals surface area contributed by atoms with Crippen LogP contribution >= 0.6 is 0 Å². The number of anilines is 1. The molecule has 0 unspecified atom stereocenters. The molecule has 0 fully saturated rings. The molecule has 5 nitrogen and oxygen atoms in total. The minimum Gasteiger partial charge on any atom is -0.467 e. The number of rotatable bonds is 4. The number of hydrogen-bond donors (Lipinski definition) is 2. The van der Waals surface area contributed by atoms with Crippen LogP contribution in [0.15, 0.2) is 30.3 Å². The molecule has 2 aromatic rings. The molecular weight excluding hydrogens is 240 g/mol. The van der Waals surface area contributed by atoms with Gasteiger partial charge < -0.3 is 15.4 Å². The van der Waals surface area contributed by atoms with Gasteiger partial charge >= 0.3 is 6.01 Å². The summed E-state index contributed by atoms with van der Waals surface area (Å²) >= 11 is 0. The lowest BCUT2D eigenvalue weighted by molar-refractivity contribution is 0.378. The second-order valence-electron chi connectivity index (χ2n) is 4.43. The third kappa shape index (κ3) is 2.51. The standard InChI is InChI=1S/C14H16N4O/c1-19-14-17-12-9-15-8-11(12)13(18-14)16-7-10-5-3-2-4-6-10/h2-6,15H,7-9H2,1H3,(H,16,17,18). The maximum atomic E-state index is 5.14. The number of aromatic nitrogens is 2. The van der Waals surface area contributed by atoms with Gasteiger partial charge in [0, 0.05) is 25.2 Å². The number of benzene rings is 1. The molecule has 0 atom stereocenters. The van der Waals surface area contributed by atoms with Crippen LogP contribution in [-0.2, 0) is 19.6 Å². The topological polar surface area (TPSA) is 59.1 Å². The fourth-order valence-corrected chi connectivity index (χ4v) is 2.16. The normalized spacial score (nSPS) is 13.1. The predicted octanol–water partition coefficient (Wildman–Crippen LogP) is 1.70. The Morgan fingerprint density at radius 1 is 1.21 bits per heavy atom. The highest BCUT2D eigenvalue weighted by Gasteiger charge is 2.19. The molecular formula is C14H16N4O. The van der Waals surface area contributed by atoms with Gasteiger partial charge in [-0.3, -0.25) is 0 Å². The Morgan fingerprint density at radius 3 is 2.84 bits per heavy atom. The third-order valence-corrected chi connectivity index (χ3v) is 3.15. The first-order valence-electron chi connectivity index (χ1n) is 6.29. The molecule has 1 aliphatic rings. The fourth-order valence-electron chi connectivity index (χ4n) is 2.16. The van der Waals surface area contributed by atoms with Crippen LogP contribution < -0.4 is 15.4 Å². The molecule has 19 heavy (non-hydrogen) atoms. The molecule has 5 heteroatoms. The molecule has 0 spiro atoms. The fraction of sp³-hybridized carbons (Fsp3) is 0.286. The number of methoxy groups -OCH3 is 1. The van der Waals surface area contributed by atoms with E-state index in [1.807, 2.05) is 18.2 Å². The summed E-state index contributed by atoms with van der Waals surface area (Å²) in [7, 11) is 1.59. The number of nitrogens with zero attached hydrogens (tertiary/aromatic N) is 2. The van der Waals surface area contributed by atoms with Crippen LogP contribution in [0.2, 0.25) is 0 Å². The van der Waals surface area contributed by atoms with Crippen molar-refractivity contribution in [2.75, 3.05) is 12.4 Å². The first-order chi connectivity index (χ1) is 9.36. The highest BCUT2D eigenvalue weighted by molar-refractivity contribution is 5.49. The van der Waals surface area contributed by atoms with Crippen LogP contribution in [0, 0.1) is 0 Å². The van der Waals surface area contributed by atoms with Crippen LogP contribution in [0.1, 0.15) is 16.8 Å². The van der Waals surface area contributed by atoms with Gasteiger partial charge in [-0.05, 0) is 5.56 Å². The Morgan fingerprint density at radius 2 is 2.05 bits per heavy atom. The van der Waals surface area contributed by atoms with E-state index in [0.29, 0.717) is 6.01 Å². The van der Waals surface area contributed by atoms with Gasteiger partial charge in [0.25, 0.3) is 0 Å². The van der Waals surface area contributed by atoms with E-state index in [0.717, 1.165) is 36.7 Å². The van der Waals surface area contributed by atoms with Crippen molar-refractivity contribution in [2.45, 2.75) is 19.6 Å². The van der Waals surface area contributed by atoms with Crippen LogP contribution in [-0.4, -0.2) is 17.1 Å². The lowest BCUT2D eigenvalue weighted by atomic mass is 10.2. The average Bonchev–Trinajstić information content (AvgIpc) is 2.94. The molecule has 1 aromatic heterocycles. The van der Waals surface area contributed by atoms with Gasteiger partial charge in [-0.15, -0.1) is 0 Å². The van der Waals surface area contributed by atoms with E-state index in [4.69, 9.17) is 4.74 Å². The number of fused-ring (bicyclic) bond motifs is 1. The molecule has 0 saturated carbocycles. The molecule has 1 aliphatic heterocycles. The summed E-state index contributed by atoms with van der Waals surface area (Å²) < 4.78 is 5.14. The summed E-state index contributed by atoms with van der Waals surface area (Å²) in [5.74, 6) is 0.857. The van der Waals surface area contributed by atoms with Crippen LogP contribution in [0.5, 0.6) is 6.01 Å². The van der Waals surface area contributed by atoms with E-state index in [1.54, 1.807) is 7.11 Å². The van der Waals surface area contributed by atoms with Crippen molar-refractivity contribution < 1.29 is 4.74 Å². The minimum atomic E-state index is 0.415. The first-order valence-corrected chi connectivity index (χ1v) is 6.29. The summed E-state index contributed by atoms with van der Waals surface area (Å²) in [5.41, 5.74) is 3.37. The molecule has 1 aromatic carbocycles. The molecule has 98 valence electrons. The van der Waals surface area contributed by atoms with Gasteiger partial charge in [0.15, 0.2) is 0 Å². The van der Waals surface area contributed by atoms with E-state index in [1.165, 1.54) is 5.56 Å². The van der Waals surface area contributed by atoms with Crippen LogP contribution in [0.3, 0.4) is 0 Å². The smallest absolute Gasteiger partial charge is 0.318 e. The first kappa shape index (κ1) is 11.9. The molecule has 0 radical (unpaired) electrons. The molecule has 0 saturated heterocycles. The minimum absolute atomic E-state index is 0.415. The van der Waals surface area contributed by atoms with E-state index < -0.39 is 0 Å². The quantitative estimate of drug-likeness (QED) is 0.872. The zero-order chi connectivity index (χ0) is 13.1. The Hall–Kier alpha value is -2.14. The monoisotopic (exact) mass is 256 g/mol. The largest absolute Gasteiger partial charge is 0.467 e. The second-order valence-corrected chi connectivity index (χ2v) is 4.43. The van der Waals surface area contributed by atoms with Gasteiger partial charge in [-0.1, -0.05) is 30.3 Å². The van der Waals surface area contributed by atoms with E-state index in [-0.39, 0.29) is 0 Å². The molecule has 2 N–H and O–H groups in total. The Balaban J connectivity index is 1.82. The lowest BCUT2D eigenvalue weighted by Gasteiger charge is -2.11. The molecule has 0 amide bonds. The summed E-state index contributed by atoms with van der Waals surface area (Å²) in [6.07, 6.45) is 0. The van der Waals surface area contributed by atoms with Crippen molar-refractivity contribution >= 4 is 5.82 Å². The maximum Gasteiger partial charge on any atom is 0.318 e. The van der Waals surface area contributed by atoms with Crippen molar-refractivity contribution in [1.82, 2.24) is 15.3 Å². The second kappa shape index (κ2) is 5.24. The molecule has 0 bridgehead atoms. The van der Waals surface area contributed by atoms with Gasteiger partial charge in [0.2, 0.25) is 0 Å². The zero-order valence-corrected chi connectivity index (χ0v) is 10.8. The van der Waals surface area contributed by atoms with Crippen molar-refractivity contribution in [2.24, 2.45) is 0 Å². The van der Waals surface area contributed by atoms with Crippen LogP contribution in [0.4, 0.5) is 5.82 Å². The molecule has 3 rings (SSSR count). The number of nitrogens with one attached hydrogen (secondary N) is 2. The third-order valence-electron chi connectivity index (χ3n) is 3.15. The maximum absolute atomic E-state index is 5.14. The van der Waals surface area contributed by atoms with Gasteiger partial charge in [-0.25, -0.2) is 0 Å². The van der Waals surface area contributed by atoms with Crippen LogP contribution in [0.25, 0.3) is 0 Å². The van der Waals surface area contributed by atoms with Crippen molar-refractivity contribution in [3.8, 4) is 6.01 Å². The highest BCUT2D eigenvalue weighted by atomic mass is 16.5. The Labute approximate surface area is 112 Å². The van der Waals surface area contributed by atoms with E-state index in [9.17, 15) is 0 Å². The number of hydrogen-bond acceptors (Lipinski definition) is 5. The highest BCUT2D eigenvalue weighted by Crippen LogP contribution is 2.23. The van der Waals surface area contributed by atoms with E-state index >= 15 is 0 Å². The summed E-state index contributed by atoms with van der Waals surface area (Å²) in [6.45, 7) is 2.32. The summed E-state index contributed by atoms with van der Waals surface area (Å²) in [6, 6.07) is 10.7. The van der Waals surface area contributed by atoms with Gasteiger partial charge in [0.1, 0.15) is 5.82 Å². The summed E-state index contributed by atoms with van der Waals surface area (Å²) in [4.78, 5) is 8.75. The Kier molecular flexibility index (Phi) is 3.29. The number of ether oxygens (including phenoxy) is 1. The van der Waals surface area contributed by atoms with Crippen molar-refractivity contribution in [3.63, 3.8) is 0 Å². The Bertz CT molecular complexity index is 571. The summed E-state index contributed by atoms with van der Waals surface area (Å²) in [5, 5.41) is 6.64. The zero-order valence-electron chi connectivity index (χ0n) is 10.8. The SMILES string of the molecule is COc1nc2c(c(NCc3ccccc3)n1)CNC2. The average molecular weight is 256 g/mol. The van der Waals surface area contributed by atoms with Crippen molar-refractivity contribution in [3.05, 3.63) is 47.2 Å².